The van der Waals surface area contributed by atoms with E-state index in [2.05, 4.69) is 15.5 Å². The molecule has 0 radical (unpaired) electrons. The number of pyridine rings is 1. The van der Waals surface area contributed by atoms with Crippen LogP contribution in [-0.4, -0.2) is 49.0 Å². The topological polar surface area (TPSA) is 88.3 Å². The number of piperidine rings is 1. The fourth-order valence-corrected chi connectivity index (χ4v) is 4.18. The van der Waals surface area contributed by atoms with Crippen LogP contribution in [0, 0.1) is 0 Å². The monoisotopic (exact) mass is 324 g/mol. The van der Waals surface area contributed by atoms with Gasteiger partial charge in [-0.05, 0) is 38.4 Å². The number of aryl methyl sites for hydroxylation is 1. The molecule has 0 aliphatic carbocycles. The van der Waals surface area contributed by atoms with Crippen molar-refractivity contribution in [1.82, 2.24) is 19.8 Å². The highest BCUT2D eigenvalue weighted by molar-refractivity contribution is 7.89. The van der Waals surface area contributed by atoms with E-state index in [0.717, 1.165) is 31.6 Å². The number of sulfonamides is 1. The van der Waals surface area contributed by atoms with E-state index in [1.807, 2.05) is 6.92 Å². The predicted octanol–water partition coefficient (Wildman–Crippen LogP) is 1.16. The fourth-order valence-electron chi connectivity index (χ4n) is 2.79. The molecule has 1 N–H and O–H groups in total. The molecule has 2 aromatic rings. The van der Waals surface area contributed by atoms with Gasteiger partial charge in [-0.25, -0.2) is 13.4 Å². The Balaban J connectivity index is 1.97. The molecule has 120 valence electrons. The first-order valence-electron chi connectivity index (χ1n) is 7.47. The summed E-state index contributed by atoms with van der Waals surface area (Å²) >= 11 is 0. The van der Waals surface area contributed by atoms with Crippen LogP contribution in [0.15, 0.2) is 21.7 Å². The molecule has 0 unspecified atom stereocenters. The molecule has 2 aromatic heterocycles. The maximum Gasteiger partial charge on any atom is 0.258 e. The number of rotatable bonds is 4. The van der Waals surface area contributed by atoms with E-state index in [0.29, 0.717) is 17.5 Å². The summed E-state index contributed by atoms with van der Waals surface area (Å²) in [5, 5.41) is 7.83. The van der Waals surface area contributed by atoms with E-state index in [4.69, 9.17) is 4.52 Å². The third-order valence-electron chi connectivity index (χ3n) is 4.21. The molecule has 8 heteroatoms. The third-order valence-corrected chi connectivity index (χ3v) is 6.09. The third kappa shape index (κ3) is 2.62. The second kappa shape index (κ2) is 5.94. The summed E-state index contributed by atoms with van der Waals surface area (Å²) in [6.45, 7) is 3.63. The Morgan fingerprint density at radius 3 is 2.82 bits per heavy atom. The second-order valence-corrected chi connectivity index (χ2v) is 7.51. The smallest absolute Gasteiger partial charge is 0.258 e. The molecule has 0 atom stereocenters. The highest BCUT2D eigenvalue weighted by atomic mass is 32.2. The molecule has 22 heavy (non-hydrogen) atoms. The van der Waals surface area contributed by atoms with Gasteiger partial charge in [-0.1, -0.05) is 12.1 Å². The van der Waals surface area contributed by atoms with Crippen LogP contribution in [0.3, 0.4) is 0 Å². The molecule has 1 saturated heterocycles. The fraction of sp³-hybridized carbons (Fsp3) is 0.571. The van der Waals surface area contributed by atoms with Crippen molar-refractivity contribution < 1.29 is 12.9 Å². The first-order valence-corrected chi connectivity index (χ1v) is 8.91. The van der Waals surface area contributed by atoms with Gasteiger partial charge < -0.3 is 9.84 Å². The van der Waals surface area contributed by atoms with Crippen LogP contribution in [-0.2, 0) is 16.4 Å². The van der Waals surface area contributed by atoms with E-state index >= 15 is 0 Å². The summed E-state index contributed by atoms with van der Waals surface area (Å²) in [4.78, 5) is 4.29. The minimum atomic E-state index is -3.56. The lowest BCUT2D eigenvalue weighted by Gasteiger charge is -2.30. The highest BCUT2D eigenvalue weighted by Crippen LogP contribution is 2.24. The van der Waals surface area contributed by atoms with Gasteiger partial charge >= 0.3 is 0 Å². The van der Waals surface area contributed by atoms with Crippen LogP contribution in [0.2, 0.25) is 0 Å². The lowest BCUT2D eigenvalue weighted by molar-refractivity contribution is 0.296. The first-order chi connectivity index (χ1) is 10.5. The van der Waals surface area contributed by atoms with Crippen molar-refractivity contribution in [3.63, 3.8) is 0 Å². The van der Waals surface area contributed by atoms with Crippen LogP contribution in [0.5, 0.6) is 0 Å². The maximum atomic E-state index is 12.8. The summed E-state index contributed by atoms with van der Waals surface area (Å²) in [7, 11) is -1.92. The number of nitrogens with one attached hydrogen (secondary N) is 1. The minimum Gasteiger partial charge on any atom is -0.336 e. The van der Waals surface area contributed by atoms with Crippen LogP contribution >= 0.6 is 0 Å². The molecule has 0 spiro atoms. The Morgan fingerprint density at radius 2 is 2.14 bits per heavy atom. The van der Waals surface area contributed by atoms with Gasteiger partial charge in [0.2, 0.25) is 10.0 Å². The van der Waals surface area contributed by atoms with Gasteiger partial charge in [-0.3, -0.25) is 0 Å². The zero-order chi connectivity index (χ0) is 15.7. The SMILES string of the molecule is CCc1noc2ncc(S(=O)(=O)N(C)C3CCNCC3)cc12. The zero-order valence-corrected chi connectivity index (χ0v) is 13.6. The van der Waals surface area contributed by atoms with Crippen molar-refractivity contribution in [3.05, 3.63) is 18.0 Å². The largest absolute Gasteiger partial charge is 0.336 e. The lowest BCUT2D eigenvalue weighted by atomic mass is 10.1. The van der Waals surface area contributed by atoms with Gasteiger partial charge in [-0.2, -0.15) is 4.31 Å². The Bertz CT molecular complexity index is 765. The highest BCUT2D eigenvalue weighted by Gasteiger charge is 2.29. The number of aromatic nitrogens is 2. The normalized spacial score (nSPS) is 17.4. The molecule has 1 aliphatic rings. The quantitative estimate of drug-likeness (QED) is 0.908. The van der Waals surface area contributed by atoms with Gasteiger partial charge in [0.1, 0.15) is 4.90 Å². The number of hydrogen-bond acceptors (Lipinski definition) is 6. The van der Waals surface area contributed by atoms with E-state index < -0.39 is 10.0 Å². The summed E-state index contributed by atoms with van der Waals surface area (Å²) in [6.07, 6.45) is 3.65. The number of fused-ring (bicyclic) bond motifs is 1. The molecule has 0 aromatic carbocycles. The molecule has 3 rings (SSSR count). The van der Waals surface area contributed by atoms with E-state index in [-0.39, 0.29) is 10.9 Å². The predicted molar refractivity (Wildman–Crippen MR) is 82.0 cm³/mol. The lowest BCUT2D eigenvalue weighted by Crippen LogP contribution is -2.43. The van der Waals surface area contributed by atoms with Gasteiger partial charge in [0.15, 0.2) is 0 Å². The number of hydrogen-bond donors (Lipinski definition) is 1. The van der Waals surface area contributed by atoms with Crippen molar-refractivity contribution in [1.29, 1.82) is 0 Å². The van der Waals surface area contributed by atoms with Gasteiger partial charge in [0, 0.05) is 13.1 Å². The van der Waals surface area contributed by atoms with Gasteiger partial charge in [0.25, 0.3) is 5.71 Å². The van der Waals surface area contributed by atoms with E-state index in [9.17, 15) is 8.42 Å². The Kier molecular flexibility index (Phi) is 4.16. The average Bonchev–Trinajstić information content (AvgIpc) is 2.97. The van der Waals surface area contributed by atoms with E-state index in [1.54, 1.807) is 13.1 Å². The minimum absolute atomic E-state index is 0.0232. The Morgan fingerprint density at radius 1 is 1.41 bits per heavy atom. The van der Waals surface area contributed by atoms with Crippen molar-refractivity contribution in [2.45, 2.75) is 37.1 Å². The molecule has 0 amide bonds. The van der Waals surface area contributed by atoms with Crippen molar-refractivity contribution >= 4 is 21.1 Å². The Hall–Kier alpha value is -1.51. The summed E-state index contributed by atoms with van der Waals surface area (Å²) in [5.41, 5.74) is 1.10. The molecule has 0 bridgehead atoms. The standard InChI is InChI=1S/C14H20N4O3S/c1-3-13-12-8-11(9-16-14(12)21-17-13)22(19,20)18(2)10-4-6-15-7-5-10/h8-10,15H,3-7H2,1-2H3. The molecule has 0 saturated carbocycles. The Labute approximate surface area is 129 Å². The summed E-state index contributed by atoms with van der Waals surface area (Å²) < 4.78 is 32.2. The summed E-state index contributed by atoms with van der Waals surface area (Å²) in [5.74, 6) is 0. The molecule has 7 nitrogen and oxygen atoms in total. The van der Waals surface area contributed by atoms with Crippen molar-refractivity contribution in [3.8, 4) is 0 Å². The molecular formula is C14H20N4O3S. The average molecular weight is 324 g/mol. The zero-order valence-electron chi connectivity index (χ0n) is 12.7. The number of nitrogens with zero attached hydrogens (tertiary/aromatic N) is 3. The molecule has 3 heterocycles. The van der Waals surface area contributed by atoms with Gasteiger partial charge in [0.05, 0.1) is 17.3 Å². The van der Waals surface area contributed by atoms with Crippen molar-refractivity contribution in [2.75, 3.05) is 20.1 Å². The van der Waals surface area contributed by atoms with Crippen molar-refractivity contribution in [2.24, 2.45) is 0 Å². The summed E-state index contributed by atoms with van der Waals surface area (Å²) in [6, 6.07) is 1.64. The maximum absolute atomic E-state index is 12.8. The first kappa shape index (κ1) is 15.4. The van der Waals surface area contributed by atoms with E-state index in [1.165, 1.54) is 10.5 Å². The van der Waals surface area contributed by atoms with Crippen LogP contribution in [0.4, 0.5) is 0 Å². The second-order valence-electron chi connectivity index (χ2n) is 5.51. The molecule has 1 aliphatic heterocycles. The van der Waals surface area contributed by atoms with Crippen LogP contribution < -0.4 is 5.32 Å². The van der Waals surface area contributed by atoms with Crippen LogP contribution in [0.25, 0.3) is 11.1 Å². The van der Waals surface area contributed by atoms with Gasteiger partial charge in [-0.15, -0.1) is 0 Å². The molecule has 1 fully saturated rings. The van der Waals surface area contributed by atoms with Crippen LogP contribution in [0.1, 0.15) is 25.5 Å². The molecular weight excluding hydrogens is 304 g/mol.